The second kappa shape index (κ2) is 9.98. The lowest BCUT2D eigenvalue weighted by Gasteiger charge is -2.12. The molecule has 32 heavy (non-hydrogen) atoms. The lowest BCUT2D eigenvalue weighted by Crippen LogP contribution is -2.23. The number of anilines is 6. The molecule has 0 atom stereocenters. The summed E-state index contributed by atoms with van der Waals surface area (Å²) in [5, 5.41) is 11.6. The maximum Gasteiger partial charge on any atom is 0.243 e. The van der Waals surface area contributed by atoms with Crippen molar-refractivity contribution in [2.75, 3.05) is 27.8 Å². The Morgan fingerprint density at radius 2 is 1.19 bits per heavy atom. The Morgan fingerprint density at radius 1 is 0.688 bits per heavy atom. The third-order valence-electron chi connectivity index (χ3n) is 4.25. The summed E-state index contributed by atoms with van der Waals surface area (Å²) in [6.07, 6.45) is 0. The molecule has 1 aromatic heterocycles. The van der Waals surface area contributed by atoms with Crippen LogP contribution in [-0.2, 0) is 4.79 Å². The Kier molecular flexibility index (Phi) is 6.47. The SMILES string of the molecule is O=C(CNc1nc(Nc2ccccc2)nc(Nc2ccccc2)n1)Nc1ccccc1F. The van der Waals surface area contributed by atoms with Crippen LogP contribution in [0.4, 0.5) is 39.3 Å². The molecule has 0 aliphatic rings. The number of benzene rings is 3. The molecular weight excluding hydrogens is 409 g/mol. The molecule has 8 nitrogen and oxygen atoms in total. The number of hydrogen-bond donors (Lipinski definition) is 4. The number of halogens is 1. The van der Waals surface area contributed by atoms with Crippen LogP contribution in [0.2, 0.25) is 0 Å². The molecule has 0 aliphatic carbocycles. The van der Waals surface area contributed by atoms with E-state index >= 15 is 0 Å². The monoisotopic (exact) mass is 429 g/mol. The van der Waals surface area contributed by atoms with E-state index in [1.807, 2.05) is 60.7 Å². The first-order valence-corrected chi connectivity index (χ1v) is 9.84. The molecule has 4 aromatic rings. The molecule has 0 saturated carbocycles. The zero-order chi connectivity index (χ0) is 22.2. The summed E-state index contributed by atoms with van der Waals surface area (Å²) in [5.41, 5.74) is 1.70. The summed E-state index contributed by atoms with van der Waals surface area (Å²) >= 11 is 0. The number of rotatable bonds is 8. The van der Waals surface area contributed by atoms with Crippen molar-refractivity contribution >= 4 is 40.8 Å². The van der Waals surface area contributed by atoms with Crippen LogP contribution in [0.15, 0.2) is 84.9 Å². The van der Waals surface area contributed by atoms with Gasteiger partial charge in [0.1, 0.15) is 5.82 Å². The van der Waals surface area contributed by atoms with E-state index in [-0.39, 0.29) is 18.2 Å². The molecule has 160 valence electrons. The Bertz CT molecular complexity index is 1130. The Morgan fingerprint density at radius 3 is 1.75 bits per heavy atom. The fraction of sp³-hybridized carbons (Fsp3) is 0.0435. The van der Waals surface area contributed by atoms with E-state index in [1.54, 1.807) is 12.1 Å². The van der Waals surface area contributed by atoms with Crippen LogP contribution in [0.5, 0.6) is 0 Å². The van der Waals surface area contributed by atoms with Gasteiger partial charge in [0.05, 0.1) is 12.2 Å². The maximum atomic E-state index is 13.7. The normalized spacial score (nSPS) is 10.3. The van der Waals surface area contributed by atoms with Gasteiger partial charge in [-0.2, -0.15) is 15.0 Å². The maximum absolute atomic E-state index is 13.7. The van der Waals surface area contributed by atoms with Crippen LogP contribution in [-0.4, -0.2) is 27.4 Å². The Hall–Kier alpha value is -4.53. The molecule has 0 aliphatic heterocycles. The summed E-state index contributed by atoms with van der Waals surface area (Å²) in [5.74, 6) is -0.181. The minimum absolute atomic E-state index is 0.104. The molecule has 9 heteroatoms. The Labute approximate surface area is 184 Å². The zero-order valence-electron chi connectivity index (χ0n) is 16.9. The molecule has 4 N–H and O–H groups in total. The highest BCUT2D eigenvalue weighted by Gasteiger charge is 2.10. The number of amides is 1. The highest BCUT2D eigenvalue weighted by molar-refractivity contribution is 5.93. The lowest BCUT2D eigenvalue weighted by atomic mass is 10.3. The summed E-state index contributed by atoms with van der Waals surface area (Å²) < 4.78 is 13.7. The molecule has 0 radical (unpaired) electrons. The highest BCUT2D eigenvalue weighted by atomic mass is 19.1. The quantitative estimate of drug-likeness (QED) is 0.326. The summed E-state index contributed by atoms with van der Waals surface area (Å²) in [7, 11) is 0. The first-order chi connectivity index (χ1) is 15.7. The third kappa shape index (κ3) is 5.76. The molecule has 3 aromatic carbocycles. The number of nitrogens with zero attached hydrogens (tertiary/aromatic N) is 3. The van der Waals surface area contributed by atoms with E-state index in [9.17, 15) is 9.18 Å². The fourth-order valence-electron chi connectivity index (χ4n) is 2.78. The van der Waals surface area contributed by atoms with Gasteiger partial charge < -0.3 is 21.3 Å². The smallest absolute Gasteiger partial charge is 0.243 e. The molecule has 0 fully saturated rings. The third-order valence-corrected chi connectivity index (χ3v) is 4.25. The topological polar surface area (TPSA) is 104 Å². The molecule has 1 heterocycles. The van der Waals surface area contributed by atoms with Crippen molar-refractivity contribution < 1.29 is 9.18 Å². The van der Waals surface area contributed by atoms with Gasteiger partial charge in [-0.1, -0.05) is 48.5 Å². The minimum atomic E-state index is -0.510. The first-order valence-electron chi connectivity index (χ1n) is 9.84. The summed E-state index contributed by atoms with van der Waals surface area (Å²) in [6, 6.07) is 24.8. The fourth-order valence-corrected chi connectivity index (χ4v) is 2.78. The van der Waals surface area contributed by atoms with Crippen LogP contribution in [0, 0.1) is 5.82 Å². The average molecular weight is 429 g/mol. The van der Waals surface area contributed by atoms with Crippen molar-refractivity contribution in [3.8, 4) is 0 Å². The van der Waals surface area contributed by atoms with Crippen molar-refractivity contribution in [3.05, 3.63) is 90.7 Å². The van der Waals surface area contributed by atoms with E-state index < -0.39 is 11.7 Å². The van der Waals surface area contributed by atoms with Gasteiger partial charge in [0.2, 0.25) is 23.8 Å². The van der Waals surface area contributed by atoms with Gasteiger partial charge in [0, 0.05) is 11.4 Å². The molecule has 0 unspecified atom stereocenters. The summed E-state index contributed by atoms with van der Waals surface area (Å²) in [4.78, 5) is 25.3. The Balaban J connectivity index is 1.50. The number of carbonyl (C=O) groups excluding carboxylic acids is 1. The first kappa shape index (κ1) is 20.7. The van der Waals surface area contributed by atoms with Gasteiger partial charge in [-0.25, -0.2) is 4.39 Å². The van der Waals surface area contributed by atoms with Crippen LogP contribution in [0.1, 0.15) is 0 Å². The van der Waals surface area contributed by atoms with E-state index in [1.165, 1.54) is 12.1 Å². The van der Waals surface area contributed by atoms with Crippen molar-refractivity contribution in [2.45, 2.75) is 0 Å². The van der Waals surface area contributed by atoms with E-state index in [4.69, 9.17) is 0 Å². The van der Waals surface area contributed by atoms with Gasteiger partial charge in [-0.05, 0) is 36.4 Å². The molecule has 0 spiro atoms. The largest absolute Gasteiger partial charge is 0.345 e. The van der Waals surface area contributed by atoms with Gasteiger partial charge in [-0.15, -0.1) is 0 Å². The predicted octanol–water partition coefficient (Wildman–Crippen LogP) is 4.55. The molecule has 0 saturated heterocycles. The van der Waals surface area contributed by atoms with E-state index in [2.05, 4.69) is 36.2 Å². The molecule has 1 amide bonds. The number of carbonyl (C=O) groups is 1. The van der Waals surface area contributed by atoms with Gasteiger partial charge in [0.15, 0.2) is 0 Å². The van der Waals surface area contributed by atoms with E-state index in [0.29, 0.717) is 11.9 Å². The van der Waals surface area contributed by atoms with E-state index in [0.717, 1.165) is 11.4 Å². The lowest BCUT2D eigenvalue weighted by molar-refractivity contribution is -0.114. The van der Waals surface area contributed by atoms with Crippen LogP contribution >= 0.6 is 0 Å². The van der Waals surface area contributed by atoms with Gasteiger partial charge >= 0.3 is 0 Å². The zero-order valence-corrected chi connectivity index (χ0v) is 16.9. The number of aromatic nitrogens is 3. The second-order valence-electron chi connectivity index (χ2n) is 6.67. The number of hydrogen-bond acceptors (Lipinski definition) is 7. The molecular formula is C23H20FN7O. The van der Waals surface area contributed by atoms with Crippen molar-refractivity contribution in [3.63, 3.8) is 0 Å². The average Bonchev–Trinajstić information content (AvgIpc) is 2.80. The highest BCUT2D eigenvalue weighted by Crippen LogP contribution is 2.18. The predicted molar refractivity (Wildman–Crippen MR) is 123 cm³/mol. The second-order valence-corrected chi connectivity index (χ2v) is 6.67. The van der Waals surface area contributed by atoms with Crippen molar-refractivity contribution in [1.82, 2.24) is 15.0 Å². The van der Waals surface area contributed by atoms with Crippen molar-refractivity contribution in [1.29, 1.82) is 0 Å². The van der Waals surface area contributed by atoms with Crippen LogP contribution in [0.3, 0.4) is 0 Å². The van der Waals surface area contributed by atoms with Gasteiger partial charge in [-0.3, -0.25) is 4.79 Å². The minimum Gasteiger partial charge on any atom is -0.345 e. The summed E-state index contributed by atoms with van der Waals surface area (Å²) in [6.45, 7) is -0.159. The van der Waals surface area contributed by atoms with Gasteiger partial charge in [0.25, 0.3) is 0 Å². The number of para-hydroxylation sites is 3. The van der Waals surface area contributed by atoms with Crippen LogP contribution in [0.25, 0.3) is 0 Å². The standard InChI is InChI=1S/C23H20FN7O/c24-18-13-7-8-14-19(18)28-20(32)15-25-21-29-22(26-16-9-3-1-4-10-16)31-23(30-21)27-17-11-5-2-6-12-17/h1-14H,15H2,(H,28,32)(H3,25,26,27,29,30,31). The number of nitrogens with one attached hydrogen (secondary N) is 4. The van der Waals surface area contributed by atoms with Crippen molar-refractivity contribution in [2.24, 2.45) is 0 Å². The molecule has 4 rings (SSSR count). The molecule has 0 bridgehead atoms. The van der Waals surface area contributed by atoms with Crippen LogP contribution < -0.4 is 21.3 Å².